The third-order valence-electron chi connectivity index (χ3n) is 3.36. The zero-order valence-electron chi connectivity index (χ0n) is 11.7. The lowest BCUT2D eigenvalue weighted by Gasteiger charge is -2.06. The molecule has 0 aliphatic carbocycles. The van der Waals surface area contributed by atoms with E-state index in [1.54, 1.807) is 0 Å². The highest BCUT2D eigenvalue weighted by Crippen LogP contribution is 2.32. The molecule has 0 heterocycles. The van der Waals surface area contributed by atoms with Crippen LogP contribution in [0.15, 0.2) is 21.1 Å². The zero-order valence-corrected chi connectivity index (χ0v) is 15.6. The van der Waals surface area contributed by atoms with E-state index in [0.717, 1.165) is 20.4 Å². The topological polar surface area (TPSA) is 0 Å². The number of hydrogen-bond donors (Lipinski definition) is 0. The summed E-state index contributed by atoms with van der Waals surface area (Å²) in [6.45, 7) is 2.27. The van der Waals surface area contributed by atoms with Gasteiger partial charge in [-0.05, 0) is 62.4 Å². The molecule has 0 amide bonds. The molecule has 0 bridgehead atoms. The van der Waals surface area contributed by atoms with Crippen LogP contribution in [0.25, 0.3) is 0 Å². The quantitative estimate of drug-likeness (QED) is 0.291. The number of hydrogen-bond acceptors (Lipinski definition) is 0. The molecule has 0 spiro atoms. The molecule has 0 unspecified atom stereocenters. The van der Waals surface area contributed by atoms with Gasteiger partial charge in [0.05, 0.1) is 5.02 Å². The van der Waals surface area contributed by atoms with Crippen molar-refractivity contribution in [3.63, 3.8) is 0 Å². The minimum Gasteiger partial charge on any atom is -0.0819 e. The third kappa shape index (κ3) is 7.15. The highest BCUT2D eigenvalue weighted by Gasteiger charge is 2.04. The number of rotatable bonds is 9. The molecule has 0 radical (unpaired) electrons. The Hall–Kier alpha value is 0.470. The van der Waals surface area contributed by atoms with E-state index in [2.05, 4.69) is 50.9 Å². The van der Waals surface area contributed by atoms with E-state index in [9.17, 15) is 0 Å². The van der Waals surface area contributed by atoms with Gasteiger partial charge in [-0.25, -0.2) is 0 Å². The molecule has 1 aromatic rings. The minimum absolute atomic E-state index is 0.764. The predicted molar refractivity (Wildman–Crippen MR) is 93.2 cm³/mol. The van der Waals surface area contributed by atoms with Crippen molar-refractivity contribution in [3.05, 3.63) is 31.7 Å². The van der Waals surface area contributed by atoms with Gasteiger partial charge in [0.25, 0.3) is 0 Å². The van der Waals surface area contributed by atoms with E-state index >= 15 is 0 Å². The maximum absolute atomic E-state index is 6.10. The number of halogens is 3. The molecular weight excluding hydrogens is 387 g/mol. The lowest BCUT2D eigenvalue weighted by atomic mass is 10.0. The molecule has 19 heavy (non-hydrogen) atoms. The fraction of sp³-hybridized carbons (Fsp3) is 0.625. The lowest BCUT2D eigenvalue weighted by molar-refractivity contribution is 0.575. The first-order valence-corrected chi connectivity index (χ1v) is 9.25. The average molecular weight is 411 g/mol. The van der Waals surface area contributed by atoms with Crippen LogP contribution < -0.4 is 0 Å². The smallest absolute Gasteiger partial charge is 0.0690 e. The zero-order chi connectivity index (χ0) is 14.1. The molecule has 0 nitrogen and oxygen atoms in total. The molecule has 0 aliphatic heterocycles. The highest BCUT2D eigenvalue weighted by atomic mass is 79.9. The summed E-state index contributed by atoms with van der Waals surface area (Å²) >= 11 is 13.1. The Kier molecular flexibility index (Phi) is 9.44. The second kappa shape index (κ2) is 10.2. The van der Waals surface area contributed by atoms with Crippen molar-refractivity contribution in [3.8, 4) is 0 Å². The maximum Gasteiger partial charge on any atom is 0.0690 e. The van der Waals surface area contributed by atoms with E-state index in [1.165, 1.54) is 56.9 Å². The van der Waals surface area contributed by atoms with Gasteiger partial charge in [0.1, 0.15) is 0 Å². The Morgan fingerprint density at radius 2 is 1.32 bits per heavy atom. The second-order valence-electron chi connectivity index (χ2n) is 5.10. The van der Waals surface area contributed by atoms with Crippen LogP contribution in [-0.4, -0.2) is 0 Å². The molecule has 0 N–H and O–H groups in total. The molecule has 0 aliphatic rings. The monoisotopic (exact) mass is 408 g/mol. The summed E-state index contributed by atoms with van der Waals surface area (Å²) in [5.74, 6) is 0. The Bertz CT molecular complexity index is 354. The molecule has 108 valence electrons. The largest absolute Gasteiger partial charge is 0.0819 e. The van der Waals surface area contributed by atoms with Crippen LogP contribution in [0.3, 0.4) is 0 Å². The van der Waals surface area contributed by atoms with Crippen molar-refractivity contribution in [2.75, 3.05) is 0 Å². The Balaban J connectivity index is 2.16. The summed E-state index contributed by atoms with van der Waals surface area (Å²) in [5.41, 5.74) is 1.36. The van der Waals surface area contributed by atoms with Gasteiger partial charge in [0.2, 0.25) is 0 Å². The van der Waals surface area contributed by atoms with Gasteiger partial charge in [-0.3, -0.25) is 0 Å². The molecule has 0 fully saturated rings. The molecule has 1 rings (SSSR count). The van der Waals surface area contributed by atoms with E-state index in [1.807, 2.05) is 0 Å². The van der Waals surface area contributed by atoms with Crippen LogP contribution in [0, 0.1) is 0 Å². The van der Waals surface area contributed by atoms with Crippen molar-refractivity contribution >= 4 is 43.5 Å². The average Bonchev–Trinajstić information content (AvgIpc) is 2.39. The fourth-order valence-corrected chi connectivity index (χ4v) is 3.61. The number of benzene rings is 1. The van der Waals surface area contributed by atoms with E-state index in [4.69, 9.17) is 11.6 Å². The molecule has 0 saturated carbocycles. The maximum atomic E-state index is 6.10. The van der Waals surface area contributed by atoms with Gasteiger partial charge in [-0.2, -0.15) is 0 Å². The molecule has 0 aromatic heterocycles. The Labute approximate surface area is 139 Å². The first-order chi connectivity index (χ1) is 9.15. The van der Waals surface area contributed by atoms with Crippen molar-refractivity contribution in [2.24, 2.45) is 0 Å². The van der Waals surface area contributed by atoms with Gasteiger partial charge in [-0.1, -0.05) is 63.5 Å². The first kappa shape index (κ1) is 17.5. The summed E-state index contributed by atoms with van der Waals surface area (Å²) in [6, 6.07) is 4.27. The molecule has 0 saturated heterocycles. The number of unbranched alkanes of at least 4 members (excludes halogenated alkanes) is 7. The fourth-order valence-electron chi connectivity index (χ4n) is 2.22. The Morgan fingerprint density at radius 3 is 1.84 bits per heavy atom. The van der Waals surface area contributed by atoms with Gasteiger partial charge >= 0.3 is 0 Å². The third-order valence-corrected chi connectivity index (χ3v) is 5.48. The van der Waals surface area contributed by atoms with Crippen molar-refractivity contribution in [1.29, 1.82) is 0 Å². The predicted octanol–water partition coefficient (Wildman–Crippen LogP) is 7.55. The number of aryl methyl sites for hydroxylation is 1. The summed E-state index contributed by atoms with van der Waals surface area (Å²) in [7, 11) is 0. The highest BCUT2D eigenvalue weighted by molar-refractivity contribution is 9.11. The van der Waals surface area contributed by atoms with Gasteiger partial charge < -0.3 is 0 Å². The summed E-state index contributed by atoms with van der Waals surface area (Å²) in [6.07, 6.45) is 12.1. The molecule has 1 aromatic carbocycles. The normalized spacial score (nSPS) is 10.9. The molecule has 3 heteroatoms. The summed E-state index contributed by atoms with van der Waals surface area (Å²) in [4.78, 5) is 0. The van der Waals surface area contributed by atoms with Gasteiger partial charge in [0.15, 0.2) is 0 Å². The van der Waals surface area contributed by atoms with E-state index in [-0.39, 0.29) is 0 Å². The summed E-state index contributed by atoms with van der Waals surface area (Å²) in [5, 5.41) is 0.764. The van der Waals surface area contributed by atoms with Crippen LogP contribution in [-0.2, 0) is 6.42 Å². The minimum atomic E-state index is 0.764. The first-order valence-electron chi connectivity index (χ1n) is 7.28. The Morgan fingerprint density at radius 1 is 0.842 bits per heavy atom. The van der Waals surface area contributed by atoms with Gasteiger partial charge in [-0.15, -0.1) is 0 Å². The van der Waals surface area contributed by atoms with Crippen LogP contribution >= 0.6 is 43.5 Å². The SMILES string of the molecule is CCCCCCCCCCc1cc(Br)c(Cl)c(Br)c1. The lowest BCUT2D eigenvalue weighted by Crippen LogP contribution is -1.88. The van der Waals surface area contributed by atoms with Crippen molar-refractivity contribution in [2.45, 2.75) is 64.7 Å². The van der Waals surface area contributed by atoms with E-state index < -0.39 is 0 Å². The van der Waals surface area contributed by atoms with Crippen molar-refractivity contribution < 1.29 is 0 Å². The second-order valence-corrected chi connectivity index (χ2v) is 7.18. The van der Waals surface area contributed by atoms with Crippen molar-refractivity contribution in [1.82, 2.24) is 0 Å². The van der Waals surface area contributed by atoms with E-state index in [0.29, 0.717) is 0 Å². The van der Waals surface area contributed by atoms with Gasteiger partial charge in [0, 0.05) is 8.95 Å². The van der Waals surface area contributed by atoms with Crippen LogP contribution in [0.4, 0.5) is 0 Å². The van der Waals surface area contributed by atoms with Crippen LogP contribution in [0.5, 0.6) is 0 Å². The standard InChI is InChI=1S/C16H23Br2Cl/c1-2-3-4-5-6-7-8-9-10-13-11-14(17)16(19)15(18)12-13/h11-12H,2-10H2,1H3. The van der Waals surface area contributed by atoms with Crippen LogP contribution in [0.1, 0.15) is 63.9 Å². The van der Waals surface area contributed by atoms with Crippen LogP contribution in [0.2, 0.25) is 5.02 Å². The summed E-state index contributed by atoms with van der Waals surface area (Å²) < 4.78 is 1.97. The molecule has 0 atom stereocenters. The molecular formula is C16H23Br2Cl.